The number of ether oxygens (including phenoxy) is 6. The highest BCUT2D eigenvalue weighted by Crippen LogP contribution is 2.36. The number of halogens is 1. The molecular formula is C41H46ClNO8. The van der Waals surface area contributed by atoms with E-state index in [0.29, 0.717) is 38.6 Å². The molecule has 0 amide bonds. The Balaban J connectivity index is 0.000000284. The first-order valence-corrected chi connectivity index (χ1v) is 16.6. The van der Waals surface area contributed by atoms with E-state index in [9.17, 15) is 9.90 Å². The average molecular weight is 716 g/mol. The Hall–Kier alpha value is -5.41. The number of phenolic OH excluding ortho intramolecular Hbond substituents is 1. The summed E-state index contributed by atoms with van der Waals surface area (Å²) in [7, 11) is 2.91. The lowest BCUT2D eigenvalue weighted by atomic mass is 10.0. The predicted molar refractivity (Wildman–Crippen MR) is 204 cm³/mol. The Labute approximate surface area is 306 Å². The molecule has 0 fully saturated rings. The minimum absolute atomic E-state index is 0. The lowest BCUT2D eigenvalue weighted by molar-refractivity contribution is 0.104. The smallest absolute Gasteiger partial charge is 0.193 e. The van der Waals surface area contributed by atoms with Crippen molar-refractivity contribution in [1.29, 1.82) is 0 Å². The first-order valence-electron chi connectivity index (χ1n) is 16.6. The summed E-state index contributed by atoms with van der Waals surface area (Å²) in [4.78, 5) is 16.9. The first kappa shape index (κ1) is 40.0. The molecule has 270 valence electrons. The van der Waals surface area contributed by atoms with Crippen LogP contribution < -0.4 is 28.4 Å². The summed E-state index contributed by atoms with van der Waals surface area (Å²) in [5, 5.41) is 12.1. The number of phenols is 1. The maximum absolute atomic E-state index is 12.3. The molecule has 9 nitrogen and oxygen atoms in total. The number of fused-ring (bicyclic) bond motifs is 1. The number of methoxy groups -OCH3 is 2. The summed E-state index contributed by atoms with van der Waals surface area (Å²) >= 11 is 0. The molecule has 0 bridgehead atoms. The topological polar surface area (TPSA) is 106 Å². The molecule has 0 aliphatic carbocycles. The van der Waals surface area contributed by atoms with Gasteiger partial charge in [-0.1, -0.05) is 42.5 Å². The summed E-state index contributed by atoms with van der Waals surface area (Å²) in [5.41, 5.74) is 3.12. The molecule has 0 aliphatic heterocycles. The van der Waals surface area contributed by atoms with E-state index in [2.05, 4.69) is 11.1 Å². The van der Waals surface area contributed by atoms with Gasteiger partial charge in [-0.15, -0.1) is 12.4 Å². The van der Waals surface area contributed by atoms with E-state index in [-0.39, 0.29) is 35.3 Å². The molecule has 0 unspecified atom stereocenters. The fourth-order valence-electron chi connectivity index (χ4n) is 5.24. The minimum atomic E-state index is -0.337. The van der Waals surface area contributed by atoms with E-state index in [1.807, 2.05) is 94.6 Å². The highest BCUT2D eigenvalue weighted by Gasteiger charge is 2.17. The largest absolute Gasteiger partial charge is 0.507 e. The molecule has 5 rings (SSSR count). The predicted octanol–water partition coefficient (Wildman–Crippen LogP) is 9.15. The van der Waals surface area contributed by atoms with Gasteiger partial charge in [0.15, 0.2) is 28.8 Å². The third kappa shape index (κ3) is 10.8. The molecule has 0 saturated carbocycles. The lowest BCUT2D eigenvalue weighted by Crippen LogP contribution is -2.01. The van der Waals surface area contributed by atoms with Gasteiger partial charge in [-0.2, -0.15) is 0 Å². The molecule has 0 saturated heterocycles. The maximum Gasteiger partial charge on any atom is 0.193 e. The van der Waals surface area contributed by atoms with Crippen molar-refractivity contribution >= 4 is 35.0 Å². The SMILES string of the molecule is CCOc1ccc(Cc2nccc3cc(OCC)c(OCC)cc23)cc1OCC.COc1cc(O)c(C(=O)C=Cc2ccccc2)c(OC)c1.Cl. The second-order valence-electron chi connectivity index (χ2n) is 10.8. The molecule has 0 atom stereocenters. The molecule has 5 aromatic rings. The highest BCUT2D eigenvalue weighted by atomic mass is 35.5. The van der Waals surface area contributed by atoms with Gasteiger partial charge in [-0.25, -0.2) is 0 Å². The van der Waals surface area contributed by atoms with Gasteiger partial charge in [0.25, 0.3) is 0 Å². The third-order valence-electron chi connectivity index (χ3n) is 7.47. The summed E-state index contributed by atoms with van der Waals surface area (Å²) in [6.07, 6.45) is 5.61. The summed E-state index contributed by atoms with van der Waals surface area (Å²) < 4.78 is 33.2. The number of hydrogen-bond donors (Lipinski definition) is 1. The Bertz CT molecular complexity index is 1900. The second-order valence-corrected chi connectivity index (χ2v) is 10.8. The number of benzene rings is 4. The Morgan fingerprint density at radius 3 is 1.96 bits per heavy atom. The number of aromatic hydroxyl groups is 1. The number of nitrogens with zero attached hydrogens (tertiary/aromatic N) is 1. The van der Waals surface area contributed by atoms with Crippen LogP contribution >= 0.6 is 12.4 Å². The van der Waals surface area contributed by atoms with Gasteiger partial charge in [0.1, 0.15) is 22.8 Å². The minimum Gasteiger partial charge on any atom is -0.507 e. The van der Waals surface area contributed by atoms with Crippen LogP contribution in [0, 0.1) is 0 Å². The van der Waals surface area contributed by atoms with Gasteiger partial charge in [0.05, 0.1) is 46.3 Å². The molecule has 4 aromatic carbocycles. The fraction of sp³-hybridized carbons (Fsp3) is 0.268. The molecule has 0 radical (unpaired) electrons. The summed E-state index contributed by atoms with van der Waals surface area (Å²) in [6.45, 7) is 10.3. The van der Waals surface area contributed by atoms with Crippen molar-refractivity contribution in [3.05, 3.63) is 114 Å². The quantitative estimate of drug-likeness (QED) is 0.0839. The van der Waals surface area contributed by atoms with E-state index in [1.54, 1.807) is 12.1 Å². The van der Waals surface area contributed by atoms with E-state index in [1.165, 1.54) is 26.4 Å². The van der Waals surface area contributed by atoms with Crippen LogP contribution in [0.25, 0.3) is 16.8 Å². The molecule has 1 heterocycles. The number of ketones is 1. The number of allylic oxidation sites excluding steroid dienone is 1. The Kier molecular flexibility index (Phi) is 15.9. The van der Waals surface area contributed by atoms with Crippen LogP contribution in [0.2, 0.25) is 0 Å². The summed E-state index contributed by atoms with van der Waals surface area (Å²) in [6, 6.07) is 24.5. The zero-order valence-electron chi connectivity index (χ0n) is 29.9. The van der Waals surface area contributed by atoms with Crippen LogP contribution in [0.5, 0.6) is 40.2 Å². The summed E-state index contributed by atoms with van der Waals surface area (Å²) in [5.74, 6) is 3.23. The first-order chi connectivity index (χ1) is 24.3. The zero-order valence-corrected chi connectivity index (χ0v) is 30.8. The van der Waals surface area contributed by atoms with Gasteiger partial charge in [0, 0.05) is 30.1 Å². The van der Waals surface area contributed by atoms with Crippen molar-refractivity contribution in [3.63, 3.8) is 0 Å². The van der Waals surface area contributed by atoms with E-state index < -0.39 is 0 Å². The maximum atomic E-state index is 12.3. The molecule has 51 heavy (non-hydrogen) atoms. The molecule has 0 aliphatic rings. The number of carbonyl (C=O) groups is 1. The molecular weight excluding hydrogens is 670 g/mol. The average Bonchev–Trinajstić information content (AvgIpc) is 3.13. The Morgan fingerprint density at radius 2 is 1.33 bits per heavy atom. The van der Waals surface area contributed by atoms with Crippen LogP contribution in [-0.4, -0.2) is 56.5 Å². The molecule has 1 aromatic heterocycles. The van der Waals surface area contributed by atoms with Gasteiger partial charge in [0.2, 0.25) is 0 Å². The van der Waals surface area contributed by atoms with Crippen LogP contribution in [-0.2, 0) is 6.42 Å². The van der Waals surface area contributed by atoms with Crippen molar-refractivity contribution in [1.82, 2.24) is 4.98 Å². The number of carbonyl (C=O) groups excluding carboxylic acids is 1. The van der Waals surface area contributed by atoms with Crippen LogP contribution in [0.4, 0.5) is 0 Å². The highest BCUT2D eigenvalue weighted by molar-refractivity contribution is 6.10. The van der Waals surface area contributed by atoms with Crippen molar-refractivity contribution < 1.29 is 38.3 Å². The number of pyridine rings is 1. The molecule has 0 spiro atoms. The third-order valence-corrected chi connectivity index (χ3v) is 7.47. The Morgan fingerprint density at radius 1 is 0.706 bits per heavy atom. The van der Waals surface area contributed by atoms with Gasteiger partial charge < -0.3 is 33.5 Å². The monoisotopic (exact) mass is 715 g/mol. The van der Waals surface area contributed by atoms with Crippen molar-refractivity contribution in [3.8, 4) is 40.2 Å². The molecule has 1 N–H and O–H groups in total. The molecule has 10 heteroatoms. The number of rotatable bonds is 15. The van der Waals surface area contributed by atoms with Crippen LogP contribution in [0.3, 0.4) is 0 Å². The number of hydrogen-bond acceptors (Lipinski definition) is 9. The van der Waals surface area contributed by atoms with Crippen LogP contribution in [0.1, 0.15) is 54.9 Å². The van der Waals surface area contributed by atoms with E-state index in [0.717, 1.165) is 50.6 Å². The van der Waals surface area contributed by atoms with Gasteiger partial charge in [-0.05, 0) is 80.6 Å². The number of aromatic nitrogens is 1. The van der Waals surface area contributed by atoms with Crippen molar-refractivity contribution in [2.45, 2.75) is 34.1 Å². The lowest BCUT2D eigenvalue weighted by Gasteiger charge is -2.15. The normalized spacial score (nSPS) is 10.5. The van der Waals surface area contributed by atoms with Crippen molar-refractivity contribution in [2.24, 2.45) is 0 Å². The van der Waals surface area contributed by atoms with Crippen LogP contribution in [0.15, 0.2) is 91.1 Å². The standard InChI is InChI=1S/C24H29NO4.C17H16O4.ClH/c1-5-26-21-10-9-17(14-22(21)27-6-2)13-20-19-16-24(29-8-4)23(28-7-3)15-18(19)11-12-25-20;1-20-13-10-15(19)17(16(11-13)21-2)14(18)9-8-12-6-4-3-5-7-12;/h9-12,14-16H,5-8,13H2,1-4H3;3-11,19H,1-2H3;1H. The van der Waals surface area contributed by atoms with E-state index in [4.69, 9.17) is 28.4 Å². The zero-order chi connectivity index (χ0) is 35.9. The van der Waals surface area contributed by atoms with E-state index >= 15 is 0 Å². The van der Waals surface area contributed by atoms with Crippen molar-refractivity contribution in [2.75, 3.05) is 40.6 Å². The van der Waals surface area contributed by atoms with Gasteiger partial charge >= 0.3 is 0 Å². The van der Waals surface area contributed by atoms with Gasteiger partial charge in [-0.3, -0.25) is 9.78 Å². The second kappa shape index (κ2) is 20.3. The fourth-order valence-corrected chi connectivity index (χ4v) is 5.24.